The second-order valence-corrected chi connectivity index (χ2v) is 3.40. The number of aliphatic hydroxyl groups is 1. The van der Waals surface area contributed by atoms with Gasteiger partial charge in [0.25, 0.3) is 0 Å². The summed E-state index contributed by atoms with van der Waals surface area (Å²) in [4.78, 5) is 0. The molecule has 78 valence electrons. The second kappa shape index (κ2) is 3.24. The Morgan fingerprint density at radius 1 is 1.00 bits per heavy atom. The first-order valence-corrected chi connectivity index (χ1v) is 3.81. The highest BCUT2D eigenvalue weighted by molar-refractivity contribution is 5.27. The van der Waals surface area contributed by atoms with E-state index in [2.05, 4.69) is 0 Å². The first-order valence-electron chi connectivity index (χ1n) is 3.81. The molecule has 0 aromatic heterocycles. The van der Waals surface area contributed by atoms with Gasteiger partial charge in [0.2, 0.25) is 0 Å². The van der Waals surface area contributed by atoms with Gasteiger partial charge in [-0.15, -0.1) is 0 Å². The van der Waals surface area contributed by atoms with Gasteiger partial charge in [0, 0.05) is 6.07 Å². The molecule has 0 saturated carbocycles. The molecule has 0 spiro atoms. The topological polar surface area (TPSA) is 20.2 Å². The Kier molecular flexibility index (Phi) is 2.54. The lowest BCUT2D eigenvalue weighted by atomic mass is 9.97. The van der Waals surface area contributed by atoms with E-state index in [0.717, 1.165) is 13.8 Å². The van der Waals surface area contributed by atoms with Crippen LogP contribution in [0.4, 0.5) is 17.6 Å². The van der Waals surface area contributed by atoms with E-state index in [-0.39, 0.29) is 6.07 Å². The van der Waals surface area contributed by atoms with Crippen LogP contribution in [0, 0.1) is 23.3 Å². The van der Waals surface area contributed by atoms with Crippen LogP contribution in [-0.4, -0.2) is 5.11 Å². The lowest BCUT2D eigenvalue weighted by molar-refractivity contribution is 0.0682. The molecule has 0 aliphatic heterocycles. The summed E-state index contributed by atoms with van der Waals surface area (Å²) in [6.45, 7) is 2.07. The third-order valence-electron chi connectivity index (χ3n) is 1.72. The molecular weight excluding hydrogens is 200 g/mol. The fraction of sp³-hybridized carbons (Fsp3) is 0.333. The first-order chi connectivity index (χ1) is 6.25. The van der Waals surface area contributed by atoms with Crippen LogP contribution in [0.1, 0.15) is 19.4 Å². The SMILES string of the molecule is CC(C)(O)c1c(F)c(F)cc(F)c1F. The van der Waals surface area contributed by atoms with Gasteiger partial charge in [0.05, 0.1) is 11.2 Å². The van der Waals surface area contributed by atoms with Gasteiger partial charge in [-0.1, -0.05) is 0 Å². The van der Waals surface area contributed by atoms with Crippen LogP contribution >= 0.6 is 0 Å². The second-order valence-electron chi connectivity index (χ2n) is 3.40. The fourth-order valence-corrected chi connectivity index (χ4v) is 1.11. The van der Waals surface area contributed by atoms with Gasteiger partial charge in [0.1, 0.15) is 0 Å². The van der Waals surface area contributed by atoms with Gasteiger partial charge < -0.3 is 5.11 Å². The zero-order valence-electron chi connectivity index (χ0n) is 7.54. The maximum absolute atomic E-state index is 13.0. The van der Waals surface area contributed by atoms with Gasteiger partial charge in [-0.05, 0) is 13.8 Å². The number of hydrogen-bond acceptors (Lipinski definition) is 1. The van der Waals surface area contributed by atoms with E-state index < -0.39 is 34.4 Å². The number of halogens is 4. The van der Waals surface area contributed by atoms with E-state index >= 15 is 0 Å². The molecule has 0 bridgehead atoms. The van der Waals surface area contributed by atoms with Crippen LogP contribution in [0.15, 0.2) is 6.07 Å². The highest BCUT2D eigenvalue weighted by atomic mass is 19.2. The van der Waals surface area contributed by atoms with Gasteiger partial charge in [-0.2, -0.15) is 0 Å². The van der Waals surface area contributed by atoms with Gasteiger partial charge >= 0.3 is 0 Å². The van der Waals surface area contributed by atoms with Crippen LogP contribution in [-0.2, 0) is 5.60 Å². The molecule has 1 rings (SSSR count). The lowest BCUT2D eigenvalue weighted by Gasteiger charge is -2.19. The zero-order chi connectivity index (χ0) is 11.1. The van der Waals surface area contributed by atoms with Crippen molar-refractivity contribution < 1.29 is 22.7 Å². The van der Waals surface area contributed by atoms with Crippen molar-refractivity contribution in [1.29, 1.82) is 0 Å². The normalized spacial score (nSPS) is 11.9. The zero-order valence-corrected chi connectivity index (χ0v) is 7.54. The summed E-state index contributed by atoms with van der Waals surface area (Å²) in [6.07, 6.45) is 0. The van der Waals surface area contributed by atoms with E-state index in [0.29, 0.717) is 0 Å². The first kappa shape index (κ1) is 11.0. The molecule has 1 aromatic rings. The van der Waals surface area contributed by atoms with Crippen LogP contribution in [0.5, 0.6) is 0 Å². The minimum atomic E-state index is -1.98. The van der Waals surface area contributed by atoms with E-state index in [1.165, 1.54) is 0 Å². The Morgan fingerprint density at radius 2 is 1.36 bits per heavy atom. The van der Waals surface area contributed by atoms with Crippen molar-refractivity contribution in [3.05, 3.63) is 34.9 Å². The molecule has 0 aliphatic carbocycles. The lowest BCUT2D eigenvalue weighted by Crippen LogP contribution is -2.21. The third kappa shape index (κ3) is 1.72. The van der Waals surface area contributed by atoms with Crippen LogP contribution in [0.3, 0.4) is 0 Å². The highest BCUT2D eigenvalue weighted by Crippen LogP contribution is 2.28. The summed E-state index contributed by atoms with van der Waals surface area (Å²) in [5, 5.41) is 9.29. The van der Waals surface area contributed by atoms with Gasteiger partial charge in [0.15, 0.2) is 23.3 Å². The Balaban J connectivity index is 3.56. The molecule has 0 heterocycles. The molecule has 1 N–H and O–H groups in total. The molecular formula is C9H8F4O. The minimum absolute atomic E-state index is 0.0971. The van der Waals surface area contributed by atoms with Crippen molar-refractivity contribution in [2.75, 3.05) is 0 Å². The quantitative estimate of drug-likeness (QED) is 0.555. The van der Waals surface area contributed by atoms with E-state index in [1.54, 1.807) is 0 Å². The van der Waals surface area contributed by atoms with E-state index in [9.17, 15) is 22.7 Å². The molecule has 14 heavy (non-hydrogen) atoms. The van der Waals surface area contributed by atoms with Crippen LogP contribution in [0.25, 0.3) is 0 Å². The van der Waals surface area contributed by atoms with E-state index in [1.807, 2.05) is 0 Å². The molecule has 0 atom stereocenters. The predicted molar refractivity (Wildman–Crippen MR) is 41.5 cm³/mol. The van der Waals surface area contributed by atoms with E-state index in [4.69, 9.17) is 0 Å². The fourth-order valence-electron chi connectivity index (χ4n) is 1.11. The Morgan fingerprint density at radius 3 is 1.64 bits per heavy atom. The molecule has 1 nitrogen and oxygen atoms in total. The molecule has 0 aliphatic rings. The average molecular weight is 208 g/mol. The smallest absolute Gasteiger partial charge is 0.168 e. The summed E-state index contributed by atoms with van der Waals surface area (Å²) < 4.78 is 51.3. The minimum Gasteiger partial charge on any atom is -0.386 e. The monoisotopic (exact) mass is 208 g/mol. The van der Waals surface area contributed by atoms with Gasteiger partial charge in [-0.3, -0.25) is 0 Å². The maximum atomic E-state index is 13.0. The summed E-state index contributed by atoms with van der Waals surface area (Å²) >= 11 is 0. The molecule has 0 unspecified atom stereocenters. The molecule has 0 radical (unpaired) electrons. The third-order valence-corrected chi connectivity index (χ3v) is 1.72. The highest BCUT2D eigenvalue weighted by Gasteiger charge is 2.29. The summed E-state index contributed by atoms with van der Waals surface area (Å²) in [5.74, 6) is -6.20. The van der Waals surface area contributed by atoms with Crippen molar-refractivity contribution in [3.63, 3.8) is 0 Å². The number of rotatable bonds is 1. The Bertz CT molecular complexity index is 342. The number of hydrogen-bond donors (Lipinski definition) is 1. The molecule has 0 fully saturated rings. The molecule has 1 aromatic carbocycles. The van der Waals surface area contributed by atoms with Gasteiger partial charge in [-0.25, -0.2) is 17.6 Å². The van der Waals surface area contributed by atoms with Crippen molar-refractivity contribution in [2.45, 2.75) is 19.4 Å². The van der Waals surface area contributed by atoms with Crippen molar-refractivity contribution in [3.8, 4) is 0 Å². The van der Waals surface area contributed by atoms with Crippen molar-refractivity contribution in [1.82, 2.24) is 0 Å². The maximum Gasteiger partial charge on any atom is 0.168 e. The molecule has 0 amide bonds. The van der Waals surface area contributed by atoms with Crippen LogP contribution < -0.4 is 0 Å². The van der Waals surface area contributed by atoms with Crippen LogP contribution in [0.2, 0.25) is 0 Å². The summed E-state index contributed by atoms with van der Waals surface area (Å²) in [7, 11) is 0. The largest absolute Gasteiger partial charge is 0.386 e. The van der Waals surface area contributed by atoms with Crippen molar-refractivity contribution >= 4 is 0 Å². The van der Waals surface area contributed by atoms with Crippen molar-refractivity contribution in [2.24, 2.45) is 0 Å². The average Bonchev–Trinajstić information content (AvgIpc) is 1.98. The Labute approximate surface area is 78.0 Å². The summed E-state index contributed by atoms with van der Waals surface area (Å²) in [5.41, 5.74) is -2.98. The predicted octanol–water partition coefficient (Wildman–Crippen LogP) is 2.47. The molecule has 5 heteroatoms. The molecule has 0 saturated heterocycles. The Hall–Kier alpha value is -1.10. The summed E-state index contributed by atoms with van der Waals surface area (Å²) in [6, 6.07) is 0.0971. The number of benzene rings is 1. The standard InChI is InChI=1S/C9H8F4O/c1-9(2,14)6-7(12)4(10)3-5(11)8(6)13/h3,14H,1-2H3.